The van der Waals surface area contributed by atoms with Crippen LogP contribution in [0.5, 0.6) is 0 Å². The predicted octanol–water partition coefficient (Wildman–Crippen LogP) is 0.598. The maximum absolute atomic E-state index is 5.39. The molecule has 0 saturated carbocycles. The van der Waals surface area contributed by atoms with Gasteiger partial charge >= 0.3 is 0 Å². The Morgan fingerprint density at radius 2 is 2.09 bits per heavy atom. The van der Waals surface area contributed by atoms with Crippen molar-refractivity contribution in [1.82, 2.24) is 0 Å². The quantitative estimate of drug-likeness (QED) is 0.360. The van der Waals surface area contributed by atoms with Crippen LogP contribution in [0.4, 0.5) is 0 Å². The van der Waals surface area contributed by atoms with E-state index >= 15 is 0 Å². The minimum absolute atomic E-state index is 0.494. The molecule has 0 saturated heterocycles. The van der Waals surface area contributed by atoms with Crippen molar-refractivity contribution in [2.24, 2.45) is 0 Å². The van der Waals surface area contributed by atoms with Gasteiger partial charge in [-0.2, -0.15) is 0 Å². The molecule has 0 spiro atoms. The summed E-state index contributed by atoms with van der Waals surface area (Å²) in [4.78, 5) is 0. The molecule has 0 N–H and O–H groups in total. The van der Waals surface area contributed by atoms with E-state index < -0.39 is 9.76 Å². The summed E-state index contributed by atoms with van der Waals surface area (Å²) >= 11 is 0. The van der Waals surface area contributed by atoms with Gasteiger partial charge in [-0.15, -0.1) is 6.58 Å². The van der Waals surface area contributed by atoms with Crippen LogP contribution < -0.4 is 5.19 Å². The van der Waals surface area contributed by atoms with Crippen molar-refractivity contribution >= 4 is 14.9 Å². The van der Waals surface area contributed by atoms with Gasteiger partial charge in [0.25, 0.3) is 0 Å². The SMILES string of the molecule is C=CCO[SiH2]c1ccccc1. The van der Waals surface area contributed by atoms with Crippen molar-refractivity contribution in [2.75, 3.05) is 6.61 Å². The summed E-state index contributed by atoms with van der Waals surface area (Å²) in [6.45, 7) is 4.27. The Morgan fingerprint density at radius 1 is 1.36 bits per heavy atom. The highest BCUT2D eigenvalue weighted by Gasteiger charge is 1.89. The van der Waals surface area contributed by atoms with Crippen LogP contribution in [0.3, 0.4) is 0 Å². The van der Waals surface area contributed by atoms with Crippen LogP contribution in [0, 0.1) is 0 Å². The van der Waals surface area contributed by atoms with Gasteiger partial charge in [-0.25, -0.2) is 0 Å². The van der Waals surface area contributed by atoms with Gasteiger partial charge in [0.1, 0.15) is 0 Å². The molecule has 1 aromatic carbocycles. The van der Waals surface area contributed by atoms with Crippen LogP contribution >= 0.6 is 0 Å². The highest BCUT2D eigenvalue weighted by atomic mass is 28.2. The lowest BCUT2D eigenvalue weighted by Gasteiger charge is -1.98. The molecular weight excluding hydrogens is 152 g/mol. The van der Waals surface area contributed by atoms with Crippen molar-refractivity contribution in [2.45, 2.75) is 0 Å². The molecule has 0 aliphatic heterocycles. The molecule has 11 heavy (non-hydrogen) atoms. The lowest BCUT2D eigenvalue weighted by atomic mass is 10.4. The lowest BCUT2D eigenvalue weighted by Crippen LogP contribution is -2.16. The second-order valence-corrected chi connectivity index (χ2v) is 3.80. The van der Waals surface area contributed by atoms with E-state index in [9.17, 15) is 0 Å². The van der Waals surface area contributed by atoms with Crippen molar-refractivity contribution in [3.05, 3.63) is 43.0 Å². The van der Waals surface area contributed by atoms with E-state index in [1.165, 1.54) is 5.19 Å². The van der Waals surface area contributed by atoms with E-state index in [1.54, 1.807) is 6.08 Å². The number of hydrogen-bond acceptors (Lipinski definition) is 1. The lowest BCUT2D eigenvalue weighted by molar-refractivity contribution is 0.393. The summed E-state index contributed by atoms with van der Waals surface area (Å²) in [6, 6.07) is 10.3. The van der Waals surface area contributed by atoms with E-state index in [1.807, 2.05) is 18.2 Å². The summed E-state index contributed by atoms with van der Waals surface area (Å²) in [7, 11) is -0.494. The van der Waals surface area contributed by atoms with Gasteiger partial charge in [-0.3, -0.25) is 0 Å². The van der Waals surface area contributed by atoms with Crippen LogP contribution in [-0.4, -0.2) is 16.4 Å². The smallest absolute Gasteiger partial charge is 0.192 e. The van der Waals surface area contributed by atoms with E-state index in [4.69, 9.17) is 4.43 Å². The molecule has 0 heterocycles. The van der Waals surface area contributed by atoms with E-state index in [-0.39, 0.29) is 0 Å². The zero-order chi connectivity index (χ0) is 7.94. The van der Waals surface area contributed by atoms with Crippen LogP contribution in [0.15, 0.2) is 43.0 Å². The standard InChI is InChI=1S/C9H12OSi/c1-2-8-10-11-9-6-4-3-5-7-9/h2-7H,1,8,11H2. The molecule has 1 rings (SSSR count). The molecular formula is C9H12OSi. The molecule has 0 aromatic heterocycles. The van der Waals surface area contributed by atoms with E-state index in [2.05, 4.69) is 18.7 Å². The van der Waals surface area contributed by atoms with Crippen LogP contribution in [0.1, 0.15) is 0 Å². The summed E-state index contributed by atoms with van der Waals surface area (Å²) in [6.07, 6.45) is 1.79. The van der Waals surface area contributed by atoms with Gasteiger partial charge in [-0.1, -0.05) is 36.4 Å². The largest absolute Gasteiger partial charge is 0.415 e. The Bertz CT molecular complexity index is 208. The van der Waals surface area contributed by atoms with Crippen molar-refractivity contribution in [3.8, 4) is 0 Å². The Morgan fingerprint density at radius 3 is 2.73 bits per heavy atom. The highest BCUT2D eigenvalue weighted by molar-refractivity contribution is 6.46. The maximum atomic E-state index is 5.39. The number of hydrogen-bond donors (Lipinski definition) is 0. The Kier molecular flexibility index (Phi) is 3.65. The average molecular weight is 164 g/mol. The third kappa shape index (κ3) is 3.16. The maximum Gasteiger partial charge on any atom is 0.192 e. The fourth-order valence-corrected chi connectivity index (χ4v) is 1.82. The van der Waals surface area contributed by atoms with Gasteiger partial charge in [0.15, 0.2) is 9.76 Å². The Labute approximate surface area is 69.6 Å². The fraction of sp³-hybridized carbons (Fsp3) is 0.111. The number of rotatable bonds is 4. The summed E-state index contributed by atoms with van der Waals surface area (Å²) in [5, 5.41) is 1.34. The summed E-state index contributed by atoms with van der Waals surface area (Å²) in [5.74, 6) is 0. The number of benzene rings is 1. The fourth-order valence-electron chi connectivity index (χ4n) is 0.834. The molecule has 58 valence electrons. The zero-order valence-corrected chi connectivity index (χ0v) is 7.91. The van der Waals surface area contributed by atoms with Crippen LogP contribution in [0.25, 0.3) is 0 Å². The second-order valence-electron chi connectivity index (χ2n) is 2.29. The van der Waals surface area contributed by atoms with Crippen LogP contribution in [0.2, 0.25) is 0 Å². The first kappa shape index (κ1) is 8.24. The first-order valence-electron chi connectivity index (χ1n) is 3.66. The predicted molar refractivity (Wildman–Crippen MR) is 50.8 cm³/mol. The van der Waals surface area contributed by atoms with E-state index in [0.29, 0.717) is 6.61 Å². The van der Waals surface area contributed by atoms with Crippen LogP contribution in [-0.2, 0) is 4.43 Å². The van der Waals surface area contributed by atoms with E-state index in [0.717, 1.165) is 0 Å². The molecule has 0 aliphatic rings. The minimum Gasteiger partial charge on any atom is -0.415 e. The molecule has 1 nitrogen and oxygen atoms in total. The third-order valence-electron chi connectivity index (χ3n) is 1.35. The first-order valence-corrected chi connectivity index (χ1v) is 4.94. The zero-order valence-electron chi connectivity index (χ0n) is 6.49. The molecule has 0 amide bonds. The van der Waals surface area contributed by atoms with Gasteiger partial charge in [-0.05, 0) is 5.19 Å². The average Bonchev–Trinajstić information content (AvgIpc) is 2.07. The van der Waals surface area contributed by atoms with Gasteiger partial charge in [0, 0.05) is 0 Å². The molecule has 0 radical (unpaired) electrons. The molecule has 0 aliphatic carbocycles. The molecule has 0 unspecified atom stereocenters. The first-order chi connectivity index (χ1) is 5.43. The van der Waals surface area contributed by atoms with Crippen molar-refractivity contribution in [1.29, 1.82) is 0 Å². The van der Waals surface area contributed by atoms with Crippen molar-refractivity contribution in [3.63, 3.8) is 0 Å². The monoisotopic (exact) mass is 164 g/mol. The Hall–Kier alpha value is -0.863. The third-order valence-corrected chi connectivity index (χ3v) is 2.59. The topological polar surface area (TPSA) is 9.23 Å². The van der Waals surface area contributed by atoms with Gasteiger partial charge in [0.2, 0.25) is 0 Å². The molecule has 1 aromatic rings. The molecule has 0 fully saturated rings. The van der Waals surface area contributed by atoms with Gasteiger partial charge < -0.3 is 4.43 Å². The molecule has 2 heteroatoms. The summed E-state index contributed by atoms with van der Waals surface area (Å²) < 4.78 is 5.39. The van der Waals surface area contributed by atoms with Crippen molar-refractivity contribution < 1.29 is 4.43 Å². The second kappa shape index (κ2) is 4.88. The van der Waals surface area contributed by atoms with Gasteiger partial charge in [0.05, 0.1) is 6.61 Å². The summed E-state index contributed by atoms with van der Waals surface area (Å²) in [5.41, 5.74) is 0. The normalized spacial score (nSPS) is 10.5. The minimum atomic E-state index is -0.494. The highest BCUT2D eigenvalue weighted by Crippen LogP contribution is 1.81. The molecule has 0 bridgehead atoms. The molecule has 0 atom stereocenters. The Balaban J connectivity index is 2.33.